The monoisotopic (exact) mass is 259 g/mol. The van der Waals surface area contributed by atoms with E-state index in [0.29, 0.717) is 29.9 Å². The largest absolute Gasteiger partial charge is 0.476 e. The van der Waals surface area contributed by atoms with Crippen molar-refractivity contribution in [2.45, 2.75) is 32.1 Å². The van der Waals surface area contributed by atoms with Crippen LogP contribution in [0, 0.1) is 0 Å². The Hall–Kier alpha value is -2.11. The van der Waals surface area contributed by atoms with Crippen LogP contribution in [0.15, 0.2) is 18.6 Å². The van der Waals surface area contributed by atoms with E-state index in [0.717, 1.165) is 12.1 Å². The average molecular weight is 259 g/mol. The minimum absolute atomic E-state index is 0.426. The molecule has 2 aromatic heterocycles. The fourth-order valence-corrected chi connectivity index (χ4v) is 1.92. The van der Waals surface area contributed by atoms with Gasteiger partial charge in [0, 0.05) is 12.1 Å². The van der Waals surface area contributed by atoms with Crippen LogP contribution in [0.5, 0.6) is 5.88 Å². The van der Waals surface area contributed by atoms with Gasteiger partial charge >= 0.3 is 0 Å². The summed E-state index contributed by atoms with van der Waals surface area (Å²) in [6.07, 6.45) is 6.69. The molecule has 100 valence electrons. The van der Waals surface area contributed by atoms with Gasteiger partial charge in [-0.25, -0.2) is 9.67 Å². The summed E-state index contributed by atoms with van der Waals surface area (Å²) >= 11 is 0. The fourth-order valence-electron chi connectivity index (χ4n) is 1.92. The van der Waals surface area contributed by atoms with Crippen LogP contribution in [0.4, 0.5) is 5.69 Å². The number of nitrogens with zero attached hydrogens (tertiary/aromatic N) is 4. The molecule has 6 nitrogen and oxygen atoms in total. The van der Waals surface area contributed by atoms with E-state index in [1.54, 1.807) is 4.68 Å². The molecule has 1 fully saturated rings. The minimum atomic E-state index is 0.426. The molecule has 3 rings (SSSR count). The Morgan fingerprint density at radius 1 is 1.42 bits per heavy atom. The quantitative estimate of drug-likeness (QED) is 0.887. The second-order valence-electron chi connectivity index (χ2n) is 4.72. The number of anilines is 1. The topological polar surface area (TPSA) is 78.9 Å². The van der Waals surface area contributed by atoms with Gasteiger partial charge in [-0.1, -0.05) is 6.92 Å². The third-order valence-electron chi connectivity index (χ3n) is 3.09. The van der Waals surface area contributed by atoms with Crippen LogP contribution in [-0.2, 0) is 0 Å². The number of nitrogens with two attached hydrogens (primary N) is 1. The summed E-state index contributed by atoms with van der Waals surface area (Å²) in [5.41, 5.74) is 7.58. The van der Waals surface area contributed by atoms with Gasteiger partial charge < -0.3 is 10.5 Å². The lowest BCUT2D eigenvalue weighted by Gasteiger charge is -2.09. The van der Waals surface area contributed by atoms with Crippen LogP contribution in [0.2, 0.25) is 0 Å². The van der Waals surface area contributed by atoms with Crippen LogP contribution < -0.4 is 10.5 Å². The van der Waals surface area contributed by atoms with Crippen molar-refractivity contribution in [2.75, 3.05) is 12.3 Å². The zero-order chi connectivity index (χ0) is 13.2. The van der Waals surface area contributed by atoms with Gasteiger partial charge in [-0.3, -0.25) is 0 Å². The van der Waals surface area contributed by atoms with Crippen molar-refractivity contribution in [3.8, 4) is 11.7 Å². The van der Waals surface area contributed by atoms with Gasteiger partial charge in [0.05, 0.1) is 12.3 Å². The molecular formula is C13H17N5O. The Morgan fingerprint density at radius 3 is 3.00 bits per heavy atom. The molecule has 0 unspecified atom stereocenters. The molecule has 2 heterocycles. The maximum atomic E-state index is 6.05. The molecule has 0 aromatic carbocycles. The smallest absolute Gasteiger partial charge is 0.242 e. The summed E-state index contributed by atoms with van der Waals surface area (Å²) in [6, 6.07) is 2.02. The van der Waals surface area contributed by atoms with Crippen LogP contribution >= 0.6 is 0 Å². The van der Waals surface area contributed by atoms with Crippen molar-refractivity contribution in [1.29, 1.82) is 0 Å². The van der Waals surface area contributed by atoms with Gasteiger partial charge in [0.15, 0.2) is 5.82 Å². The van der Waals surface area contributed by atoms with Crippen molar-refractivity contribution in [3.63, 3.8) is 0 Å². The highest BCUT2D eigenvalue weighted by Gasteiger charge is 2.26. The van der Waals surface area contributed by atoms with Crippen molar-refractivity contribution >= 4 is 5.69 Å². The highest BCUT2D eigenvalue weighted by molar-refractivity contribution is 5.59. The van der Waals surface area contributed by atoms with Crippen LogP contribution in [0.25, 0.3) is 5.82 Å². The predicted octanol–water partition coefficient (Wildman–Crippen LogP) is 1.91. The number of rotatable bonds is 5. The average Bonchev–Trinajstić information content (AvgIpc) is 3.16. The second-order valence-corrected chi connectivity index (χ2v) is 4.72. The number of hydrogen-bond donors (Lipinski definition) is 1. The lowest BCUT2D eigenvalue weighted by molar-refractivity contribution is 0.306. The lowest BCUT2D eigenvalue weighted by Crippen LogP contribution is -2.08. The molecule has 0 spiro atoms. The Morgan fingerprint density at radius 2 is 2.26 bits per heavy atom. The van der Waals surface area contributed by atoms with Crippen LogP contribution in [0.3, 0.4) is 0 Å². The first kappa shape index (κ1) is 12.0. The Kier molecular flexibility index (Phi) is 3.06. The van der Waals surface area contributed by atoms with Gasteiger partial charge in [-0.05, 0) is 25.3 Å². The molecule has 0 radical (unpaired) electrons. The van der Waals surface area contributed by atoms with Gasteiger partial charge in [-0.15, -0.1) is 0 Å². The summed E-state index contributed by atoms with van der Waals surface area (Å²) < 4.78 is 7.20. The molecule has 0 atom stereocenters. The van der Waals surface area contributed by atoms with E-state index in [2.05, 4.69) is 15.1 Å². The summed E-state index contributed by atoms with van der Waals surface area (Å²) in [5, 5.41) is 4.52. The third-order valence-corrected chi connectivity index (χ3v) is 3.09. The molecule has 1 aliphatic carbocycles. The Labute approximate surface area is 111 Å². The molecule has 0 amide bonds. The van der Waals surface area contributed by atoms with E-state index in [1.807, 2.05) is 19.2 Å². The van der Waals surface area contributed by atoms with Gasteiger partial charge in [0.1, 0.15) is 12.0 Å². The first-order valence-corrected chi connectivity index (χ1v) is 6.58. The van der Waals surface area contributed by atoms with Crippen molar-refractivity contribution in [1.82, 2.24) is 19.7 Å². The molecular weight excluding hydrogens is 242 g/mol. The molecule has 1 aliphatic rings. The highest BCUT2D eigenvalue weighted by Crippen LogP contribution is 2.39. The molecule has 0 aliphatic heterocycles. The number of nitrogen functional groups attached to an aromatic ring is 1. The first-order chi connectivity index (χ1) is 9.29. The first-order valence-electron chi connectivity index (χ1n) is 6.58. The summed E-state index contributed by atoms with van der Waals surface area (Å²) in [7, 11) is 0. The van der Waals surface area contributed by atoms with Crippen molar-refractivity contribution in [2.24, 2.45) is 0 Å². The standard InChI is InChI=1S/C13H17N5O/c1-2-7-19-13-11(14)12(15-8-16-13)18-6-5-10(17-18)9-3-4-9/h5-6,8-9H,2-4,7,14H2,1H3. The second kappa shape index (κ2) is 4.87. The predicted molar refractivity (Wildman–Crippen MR) is 71.3 cm³/mol. The fraction of sp³-hybridized carbons (Fsp3) is 0.462. The summed E-state index contributed by atoms with van der Waals surface area (Å²) in [5.74, 6) is 1.61. The Bertz CT molecular complexity index is 576. The van der Waals surface area contributed by atoms with Crippen molar-refractivity contribution in [3.05, 3.63) is 24.3 Å². The lowest BCUT2D eigenvalue weighted by atomic mass is 10.3. The van der Waals surface area contributed by atoms with Gasteiger partial charge in [0.2, 0.25) is 5.88 Å². The Balaban J connectivity index is 1.89. The SMILES string of the molecule is CCCOc1ncnc(-n2ccc(C3CC3)n2)c1N. The van der Waals surface area contributed by atoms with Gasteiger partial charge in [-0.2, -0.15) is 10.1 Å². The number of aromatic nitrogens is 4. The third kappa shape index (κ3) is 2.38. The molecule has 1 saturated carbocycles. The van der Waals surface area contributed by atoms with Crippen LogP contribution in [-0.4, -0.2) is 26.4 Å². The molecule has 2 N–H and O–H groups in total. The highest BCUT2D eigenvalue weighted by atomic mass is 16.5. The van der Waals surface area contributed by atoms with Crippen molar-refractivity contribution < 1.29 is 4.74 Å². The molecule has 0 bridgehead atoms. The minimum Gasteiger partial charge on any atom is -0.476 e. The maximum absolute atomic E-state index is 6.05. The zero-order valence-corrected chi connectivity index (χ0v) is 10.9. The van der Waals surface area contributed by atoms with E-state index in [-0.39, 0.29) is 0 Å². The molecule has 19 heavy (non-hydrogen) atoms. The molecule has 6 heteroatoms. The van der Waals surface area contributed by atoms with E-state index in [9.17, 15) is 0 Å². The zero-order valence-electron chi connectivity index (χ0n) is 10.9. The molecule has 0 saturated heterocycles. The summed E-state index contributed by atoms with van der Waals surface area (Å²) in [4.78, 5) is 8.25. The number of hydrogen-bond acceptors (Lipinski definition) is 5. The summed E-state index contributed by atoms with van der Waals surface area (Å²) in [6.45, 7) is 2.63. The van der Waals surface area contributed by atoms with E-state index in [4.69, 9.17) is 10.5 Å². The molecule has 2 aromatic rings. The van der Waals surface area contributed by atoms with E-state index >= 15 is 0 Å². The maximum Gasteiger partial charge on any atom is 0.242 e. The van der Waals surface area contributed by atoms with Gasteiger partial charge in [0.25, 0.3) is 0 Å². The number of ether oxygens (including phenoxy) is 1. The normalized spacial score (nSPS) is 14.6. The van der Waals surface area contributed by atoms with Crippen LogP contribution in [0.1, 0.15) is 37.8 Å². The van der Waals surface area contributed by atoms with E-state index < -0.39 is 0 Å². The van der Waals surface area contributed by atoms with E-state index in [1.165, 1.54) is 19.2 Å².